The highest BCUT2D eigenvalue weighted by molar-refractivity contribution is 7.89. The summed E-state index contributed by atoms with van der Waals surface area (Å²) in [6.45, 7) is 3.89. The van der Waals surface area contributed by atoms with Gasteiger partial charge in [-0.1, -0.05) is 12.1 Å². The smallest absolute Gasteiger partial charge is 0.240 e. The standard InChI is InChI=1S/C14H16N2O3S/c1-9-3-4-10(2)13(7-9)19-11-5-6-14(12(15)8-11)20(16,17)18/h3-8H,15H2,1-2H3,(H2,16,17,18). The topological polar surface area (TPSA) is 95.4 Å². The molecule has 0 unspecified atom stereocenters. The van der Waals surface area contributed by atoms with E-state index in [4.69, 9.17) is 15.6 Å². The number of sulfonamides is 1. The molecule has 0 atom stereocenters. The van der Waals surface area contributed by atoms with Crippen LogP contribution in [0.5, 0.6) is 11.5 Å². The van der Waals surface area contributed by atoms with Crippen molar-refractivity contribution in [1.82, 2.24) is 0 Å². The first-order chi connectivity index (χ1) is 9.27. The van der Waals surface area contributed by atoms with Gasteiger partial charge in [0, 0.05) is 6.07 Å². The van der Waals surface area contributed by atoms with Crippen molar-refractivity contribution in [1.29, 1.82) is 0 Å². The van der Waals surface area contributed by atoms with Crippen molar-refractivity contribution in [2.75, 3.05) is 5.73 Å². The molecule has 20 heavy (non-hydrogen) atoms. The third kappa shape index (κ3) is 3.09. The normalized spacial score (nSPS) is 11.3. The molecule has 0 saturated carbocycles. The molecule has 0 fully saturated rings. The van der Waals surface area contributed by atoms with Gasteiger partial charge in [0.15, 0.2) is 0 Å². The van der Waals surface area contributed by atoms with Crippen molar-refractivity contribution in [3.63, 3.8) is 0 Å². The highest BCUT2D eigenvalue weighted by Gasteiger charge is 2.13. The van der Waals surface area contributed by atoms with Crippen molar-refractivity contribution >= 4 is 15.7 Å². The summed E-state index contributed by atoms with van der Waals surface area (Å²) in [6, 6.07) is 10.1. The second kappa shape index (κ2) is 5.15. The second-order valence-corrected chi connectivity index (χ2v) is 6.15. The quantitative estimate of drug-likeness (QED) is 0.849. The summed E-state index contributed by atoms with van der Waals surface area (Å²) >= 11 is 0. The summed E-state index contributed by atoms with van der Waals surface area (Å²) in [5.74, 6) is 1.16. The van der Waals surface area contributed by atoms with Gasteiger partial charge in [0.1, 0.15) is 16.4 Å². The molecule has 2 rings (SSSR count). The molecule has 0 bridgehead atoms. The van der Waals surface area contributed by atoms with Crippen LogP contribution in [0.4, 0.5) is 5.69 Å². The van der Waals surface area contributed by atoms with Crippen LogP contribution in [0.25, 0.3) is 0 Å². The Bertz CT molecular complexity index is 755. The summed E-state index contributed by atoms with van der Waals surface area (Å²) in [5, 5.41) is 5.06. The summed E-state index contributed by atoms with van der Waals surface area (Å²) in [7, 11) is -3.82. The summed E-state index contributed by atoms with van der Waals surface area (Å²) in [5.41, 5.74) is 7.80. The molecule has 0 aliphatic carbocycles. The van der Waals surface area contributed by atoms with E-state index in [0.717, 1.165) is 11.1 Å². The van der Waals surface area contributed by atoms with Crippen LogP contribution in [0.1, 0.15) is 11.1 Å². The van der Waals surface area contributed by atoms with Crippen LogP contribution in [-0.4, -0.2) is 8.42 Å². The lowest BCUT2D eigenvalue weighted by Gasteiger charge is -2.11. The van der Waals surface area contributed by atoms with Crippen molar-refractivity contribution in [2.24, 2.45) is 5.14 Å². The molecule has 106 valence electrons. The predicted molar refractivity (Wildman–Crippen MR) is 78.2 cm³/mol. The number of nitrogen functional groups attached to an aromatic ring is 1. The van der Waals surface area contributed by atoms with Gasteiger partial charge in [0.05, 0.1) is 5.69 Å². The maximum absolute atomic E-state index is 11.3. The fourth-order valence-electron chi connectivity index (χ4n) is 1.79. The van der Waals surface area contributed by atoms with Crippen LogP contribution in [0, 0.1) is 13.8 Å². The van der Waals surface area contributed by atoms with Gasteiger partial charge in [-0.25, -0.2) is 13.6 Å². The number of hydrogen-bond acceptors (Lipinski definition) is 4. The summed E-state index contributed by atoms with van der Waals surface area (Å²) in [4.78, 5) is -0.106. The van der Waals surface area contributed by atoms with Gasteiger partial charge in [-0.3, -0.25) is 0 Å². The zero-order valence-corrected chi connectivity index (χ0v) is 12.1. The Labute approximate surface area is 118 Å². The average molecular weight is 292 g/mol. The Balaban J connectivity index is 2.36. The number of nitrogens with two attached hydrogens (primary N) is 2. The van der Waals surface area contributed by atoms with Crippen LogP contribution < -0.4 is 15.6 Å². The number of rotatable bonds is 3. The third-order valence-corrected chi connectivity index (χ3v) is 3.84. The molecule has 0 spiro atoms. The molecule has 2 aromatic carbocycles. The minimum atomic E-state index is -3.82. The number of ether oxygens (including phenoxy) is 1. The molecule has 0 radical (unpaired) electrons. The number of primary sulfonamides is 1. The summed E-state index contributed by atoms with van der Waals surface area (Å²) in [6.07, 6.45) is 0. The maximum atomic E-state index is 11.3. The van der Waals surface area contributed by atoms with E-state index in [9.17, 15) is 8.42 Å². The molecule has 0 heterocycles. The number of anilines is 1. The molecule has 0 aromatic heterocycles. The van der Waals surface area contributed by atoms with Crippen molar-refractivity contribution < 1.29 is 13.2 Å². The molecule has 0 aliphatic heterocycles. The third-order valence-electron chi connectivity index (χ3n) is 2.86. The van der Waals surface area contributed by atoms with E-state index in [2.05, 4.69) is 0 Å². The minimum absolute atomic E-state index is 0.0651. The van der Waals surface area contributed by atoms with Crippen molar-refractivity contribution in [2.45, 2.75) is 18.7 Å². The van der Waals surface area contributed by atoms with Crippen LogP contribution in [0.2, 0.25) is 0 Å². The van der Waals surface area contributed by atoms with Gasteiger partial charge in [0.2, 0.25) is 10.0 Å². The van der Waals surface area contributed by atoms with Gasteiger partial charge in [-0.05, 0) is 43.2 Å². The van der Waals surface area contributed by atoms with Gasteiger partial charge in [-0.2, -0.15) is 0 Å². The van der Waals surface area contributed by atoms with E-state index in [-0.39, 0.29) is 10.6 Å². The molecule has 0 saturated heterocycles. The number of aryl methyl sites for hydroxylation is 2. The van der Waals surface area contributed by atoms with E-state index in [0.29, 0.717) is 11.5 Å². The van der Waals surface area contributed by atoms with Gasteiger partial charge >= 0.3 is 0 Å². The average Bonchev–Trinajstić information content (AvgIpc) is 2.32. The zero-order valence-electron chi connectivity index (χ0n) is 11.3. The van der Waals surface area contributed by atoms with Crippen LogP contribution >= 0.6 is 0 Å². The first-order valence-corrected chi connectivity index (χ1v) is 7.49. The lowest BCUT2D eigenvalue weighted by Crippen LogP contribution is -2.14. The first kappa shape index (κ1) is 14.4. The molecule has 5 nitrogen and oxygen atoms in total. The van der Waals surface area contributed by atoms with Gasteiger partial charge in [0.25, 0.3) is 0 Å². The van der Waals surface area contributed by atoms with Crippen LogP contribution in [0.15, 0.2) is 41.3 Å². The van der Waals surface area contributed by atoms with E-state index in [1.165, 1.54) is 18.2 Å². The van der Waals surface area contributed by atoms with Gasteiger partial charge in [-0.15, -0.1) is 0 Å². The zero-order chi connectivity index (χ0) is 14.9. The van der Waals surface area contributed by atoms with Crippen LogP contribution in [0.3, 0.4) is 0 Å². The Hall–Kier alpha value is -2.05. The lowest BCUT2D eigenvalue weighted by atomic mass is 10.1. The largest absolute Gasteiger partial charge is 0.457 e. The van der Waals surface area contributed by atoms with E-state index in [1.54, 1.807) is 0 Å². The number of hydrogen-bond donors (Lipinski definition) is 2. The van der Waals surface area contributed by atoms with E-state index >= 15 is 0 Å². The Morgan fingerprint density at radius 2 is 1.75 bits per heavy atom. The van der Waals surface area contributed by atoms with Gasteiger partial charge < -0.3 is 10.5 Å². The molecule has 0 aliphatic rings. The highest BCUT2D eigenvalue weighted by Crippen LogP contribution is 2.29. The fourth-order valence-corrected chi connectivity index (χ4v) is 2.44. The van der Waals surface area contributed by atoms with Crippen LogP contribution in [-0.2, 0) is 10.0 Å². The minimum Gasteiger partial charge on any atom is -0.457 e. The highest BCUT2D eigenvalue weighted by atomic mass is 32.2. The number of benzene rings is 2. The van der Waals surface area contributed by atoms with Crippen molar-refractivity contribution in [3.05, 3.63) is 47.5 Å². The monoisotopic (exact) mass is 292 g/mol. The SMILES string of the molecule is Cc1ccc(C)c(Oc2ccc(S(N)(=O)=O)c(N)c2)c1. The lowest BCUT2D eigenvalue weighted by molar-refractivity contribution is 0.478. The summed E-state index contributed by atoms with van der Waals surface area (Å²) < 4.78 is 28.3. The maximum Gasteiger partial charge on any atom is 0.240 e. The Morgan fingerprint density at radius 1 is 1.05 bits per heavy atom. The fraction of sp³-hybridized carbons (Fsp3) is 0.143. The molecule has 2 aromatic rings. The molecule has 0 amide bonds. The van der Waals surface area contributed by atoms with Crippen molar-refractivity contribution in [3.8, 4) is 11.5 Å². The second-order valence-electron chi connectivity index (χ2n) is 4.62. The Morgan fingerprint density at radius 3 is 2.35 bits per heavy atom. The predicted octanol–water partition coefficient (Wildman–Crippen LogP) is 2.33. The molecule has 4 N–H and O–H groups in total. The van der Waals surface area contributed by atoms with E-state index in [1.807, 2.05) is 32.0 Å². The van der Waals surface area contributed by atoms with E-state index < -0.39 is 10.0 Å². The Kier molecular flexibility index (Phi) is 3.69. The first-order valence-electron chi connectivity index (χ1n) is 5.95. The molecular weight excluding hydrogens is 276 g/mol. The molecule has 6 heteroatoms. The molecular formula is C14H16N2O3S.